The molecule has 5 heteroatoms. The first-order chi connectivity index (χ1) is 8.08. The van der Waals surface area contributed by atoms with Crippen molar-refractivity contribution in [2.45, 2.75) is 13.5 Å². The first kappa shape index (κ1) is 13.5. The van der Waals surface area contributed by atoms with Crippen molar-refractivity contribution in [3.63, 3.8) is 0 Å². The molecule has 0 aromatic heterocycles. The number of hydrogen-bond acceptors (Lipinski definition) is 3. The minimum Gasteiger partial charge on any atom is -0.465 e. The number of amides is 1. The summed E-state index contributed by atoms with van der Waals surface area (Å²) in [6.07, 6.45) is 0. The quantitative estimate of drug-likeness (QED) is 0.657. The molecule has 92 valence electrons. The molecule has 0 saturated heterocycles. The summed E-state index contributed by atoms with van der Waals surface area (Å²) in [4.78, 5) is 22.3. The fraction of sp³-hybridized carbons (Fsp3) is 0.333. The number of ether oxygens (including phenoxy) is 1. The van der Waals surface area contributed by atoms with Gasteiger partial charge in [0, 0.05) is 6.54 Å². The van der Waals surface area contributed by atoms with Gasteiger partial charge in [-0.25, -0.2) is 4.79 Å². The van der Waals surface area contributed by atoms with E-state index in [1.165, 1.54) is 7.11 Å². The lowest BCUT2D eigenvalue weighted by Crippen LogP contribution is -2.23. The number of aryl methyl sites for hydroxylation is 1. The average Bonchev–Trinajstić information content (AvgIpc) is 2.35. The van der Waals surface area contributed by atoms with E-state index in [9.17, 15) is 9.59 Å². The zero-order chi connectivity index (χ0) is 12.8. The van der Waals surface area contributed by atoms with Crippen LogP contribution in [0.15, 0.2) is 18.2 Å². The van der Waals surface area contributed by atoms with Gasteiger partial charge in [0.25, 0.3) is 0 Å². The number of hydrogen-bond donors (Lipinski definition) is 1. The fourth-order valence-electron chi connectivity index (χ4n) is 1.42. The Labute approximate surface area is 105 Å². The van der Waals surface area contributed by atoms with E-state index in [4.69, 9.17) is 11.6 Å². The maximum Gasteiger partial charge on any atom is 0.338 e. The Morgan fingerprint density at radius 3 is 2.65 bits per heavy atom. The first-order valence-corrected chi connectivity index (χ1v) is 5.62. The third-order valence-corrected chi connectivity index (χ3v) is 2.55. The molecule has 0 heterocycles. The van der Waals surface area contributed by atoms with Crippen molar-refractivity contribution >= 4 is 23.5 Å². The molecule has 1 aromatic rings. The number of benzene rings is 1. The van der Waals surface area contributed by atoms with E-state index in [1.54, 1.807) is 12.1 Å². The van der Waals surface area contributed by atoms with Gasteiger partial charge >= 0.3 is 5.97 Å². The average molecular weight is 256 g/mol. The van der Waals surface area contributed by atoms with Crippen molar-refractivity contribution in [2.75, 3.05) is 13.0 Å². The molecule has 1 amide bonds. The van der Waals surface area contributed by atoms with Gasteiger partial charge in [0.15, 0.2) is 0 Å². The van der Waals surface area contributed by atoms with Crippen LogP contribution in [0.1, 0.15) is 21.5 Å². The summed E-state index contributed by atoms with van der Waals surface area (Å²) in [5.41, 5.74) is 2.25. The zero-order valence-corrected chi connectivity index (χ0v) is 10.5. The van der Waals surface area contributed by atoms with Gasteiger partial charge in [0.05, 0.1) is 12.7 Å². The van der Waals surface area contributed by atoms with E-state index in [-0.39, 0.29) is 17.8 Å². The van der Waals surface area contributed by atoms with Crippen LogP contribution in [-0.4, -0.2) is 24.9 Å². The van der Waals surface area contributed by atoms with Crippen LogP contribution in [0.3, 0.4) is 0 Å². The molecule has 1 rings (SSSR count). The Morgan fingerprint density at radius 1 is 1.41 bits per heavy atom. The van der Waals surface area contributed by atoms with Crippen LogP contribution in [0.2, 0.25) is 0 Å². The van der Waals surface area contributed by atoms with Crippen molar-refractivity contribution in [1.29, 1.82) is 0 Å². The van der Waals surface area contributed by atoms with Gasteiger partial charge in [-0.05, 0) is 24.1 Å². The first-order valence-electron chi connectivity index (χ1n) is 5.09. The van der Waals surface area contributed by atoms with Crippen LogP contribution in [0.25, 0.3) is 0 Å². The zero-order valence-electron chi connectivity index (χ0n) is 9.75. The predicted molar refractivity (Wildman–Crippen MR) is 65.1 cm³/mol. The van der Waals surface area contributed by atoms with E-state index in [0.29, 0.717) is 12.1 Å². The Balaban J connectivity index is 2.75. The van der Waals surface area contributed by atoms with Crippen LogP contribution in [0.5, 0.6) is 0 Å². The summed E-state index contributed by atoms with van der Waals surface area (Å²) >= 11 is 5.36. The number of carbonyl (C=O) groups excluding carboxylic acids is 2. The van der Waals surface area contributed by atoms with E-state index in [2.05, 4.69) is 10.1 Å². The van der Waals surface area contributed by atoms with E-state index in [1.807, 2.05) is 13.0 Å². The predicted octanol–water partition coefficient (Wildman–Crippen LogP) is 1.64. The van der Waals surface area contributed by atoms with Crippen molar-refractivity contribution in [3.8, 4) is 0 Å². The summed E-state index contributed by atoms with van der Waals surface area (Å²) in [5, 5.41) is 2.65. The number of rotatable bonds is 4. The van der Waals surface area contributed by atoms with Crippen molar-refractivity contribution in [2.24, 2.45) is 0 Å². The molecule has 0 aliphatic rings. The topological polar surface area (TPSA) is 55.4 Å². The highest BCUT2D eigenvalue weighted by Gasteiger charge is 2.09. The molecule has 0 aliphatic carbocycles. The van der Waals surface area contributed by atoms with Crippen LogP contribution < -0.4 is 5.32 Å². The molecule has 1 N–H and O–H groups in total. The second-order valence-electron chi connectivity index (χ2n) is 3.55. The van der Waals surface area contributed by atoms with Gasteiger partial charge < -0.3 is 10.1 Å². The maximum atomic E-state index is 11.3. The Morgan fingerprint density at radius 2 is 2.12 bits per heavy atom. The second-order valence-corrected chi connectivity index (χ2v) is 3.82. The summed E-state index contributed by atoms with van der Waals surface area (Å²) in [6, 6.07) is 5.29. The molecule has 0 bridgehead atoms. The molecule has 0 saturated carbocycles. The van der Waals surface area contributed by atoms with Crippen molar-refractivity contribution in [1.82, 2.24) is 5.32 Å². The molecule has 0 unspecified atom stereocenters. The largest absolute Gasteiger partial charge is 0.465 e. The number of nitrogens with one attached hydrogen (secondary N) is 1. The van der Waals surface area contributed by atoms with E-state index in [0.717, 1.165) is 11.1 Å². The van der Waals surface area contributed by atoms with Gasteiger partial charge in [-0.2, -0.15) is 0 Å². The van der Waals surface area contributed by atoms with E-state index >= 15 is 0 Å². The molecule has 0 radical (unpaired) electrons. The van der Waals surface area contributed by atoms with Gasteiger partial charge in [0.2, 0.25) is 5.91 Å². The third kappa shape index (κ3) is 3.75. The summed E-state index contributed by atoms with van der Waals surface area (Å²) in [7, 11) is 1.34. The molecule has 17 heavy (non-hydrogen) atoms. The number of esters is 1. The molecule has 1 aromatic carbocycles. The van der Waals surface area contributed by atoms with Gasteiger partial charge in [-0.15, -0.1) is 11.6 Å². The lowest BCUT2D eigenvalue weighted by Gasteiger charge is -2.07. The third-order valence-electron chi connectivity index (χ3n) is 2.31. The monoisotopic (exact) mass is 255 g/mol. The molecular weight excluding hydrogens is 242 g/mol. The minimum atomic E-state index is -0.362. The number of halogens is 1. The fourth-order valence-corrected chi connectivity index (χ4v) is 1.52. The number of alkyl halides is 1. The number of carbonyl (C=O) groups is 2. The maximum absolute atomic E-state index is 11.3. The van der Waals surface area contributed by atoms with Crippen LogP contribution in [0, 0.1) is 6.92 Å². The van der Waals surface area contributed by atoms with Crippen LogP contribution in [0.4, 0.5) is 0 Å². The highest BCUT2D eigenvalue weighted by atomic mass is 35.5. The molecule has 0 aliphatic heterocycles. The van der Waals surface area contributed by atoms with E-state index < -0.39 is 0 Å². The highest BCUT2D eigenvalue weighted by Crippen LogP contribution is 2.12. The lowest BCUT2D eigenvalue weighted by molar-refractivity contribution is -0.118. The molecular formula is C12H14ClNO3. The summed E-state index contributed by atoms with van der Waals surface area (Å²) in [5.74, 6) is -0.639. The van der Waals surface area contributed by atoms with Gasteiger partial charge in [-0.3, -0.25) is 4.79 Å². The molecule has 4 nitrogen and oxygen atoms in total. The molecule has 0 spiro atoms. The van der Waals surface area contributed by atoms with Gasteiger partial charge in [0.1, 0.15) is 5.88 Å². The highest BCUT2D eigenvalue weighted by molar-refractivity contribution is 6.27. The molecule has 0 fully saturated rings. The SMILES string of the molecule is COC(=O)c1ccc(CNC(=O)CCl)cc1C. The Bertz CT molecular complexity index is 432. The smallest absolute Gasteiger partial charge is 0.338 e. The molecule has 0 atom stereocenters. The van der Waals surface area contributed by atoms with Crippen LogP contribution >= 0.6 is 11.6 Å². The van der Waals surface area contributed by atoms with Crippen LogP contribution in [-0.2, 0) is 16.1 Å². The lowest BCUT2D eigenvalue weighted by atomic mass is 10.1. The Kier molecular flexibility index (Phi) is 4.97. The van der Waals surface area contributed by atoms with Crippen molar-refractivity contribution in [3.05, 3.63) is 34.9 Å². The summed E-state index contributed by atoms with van der Waals surface area (Å²) in [6.45, 7) is 2.22. The second kappa shape index (κ2) is 6.25. The van der Waals surface area contributed by atoms with Crippen molar-refractivity contribution < 1.29 is 14.3 Å². The van der Waals surface area contributed by atoms with Gasteiger partial charge in [-0.1, -0.05) is 12.1 Å². The minimum absolute atomic E-state index is 0.0563. The standard InChI is InChI=1S/C12H14ClNO3/c1-8-5-9(7-14-11(15)6-13)3-4-10(8)12(16)17-2/h3-5H,6-7H2,1-2H3,(H,14,15). The number of methoxy groups -OCH3 is 1. The Hall–Kier alpha value is -1.55. The normalized spacial score (nSPS) is 9.82. The summed E-state index contributed by atoms with van der Waals surface area (Å²) < 4.78 is 4.65.